The number of carbonyl (C=O) groups is 2. The number of hydrazone groups is 1. The van der Waals surface area contributed by atoms with Crippen LogP contribution in [0.25, 0.3) is 0 Å². The number of nitrogens with one attached hydrogen (secondary N) is 2. The third-order valence-electron chi connectivity index (χ3n) is 6.04. The molecule has 9 nitrogen and oxygen atoms in total. The van der Waals surface area contributed by atoms with Gasteiger partial charge in [0.05, 0.1) is 28.9 Å². The molecule has 0 saturated carbocycles. The van der Waals surface area contributed by atoms with E-state index in [1.165, 1.54) is 6.21 Å². The van der Waals surface area contributed by atoms with E-state index in [0.29, 0.717) is 45.9 Å². The average molecular weight is 636 g/mol. The highest BCUT2D eigenvalue weighted by Gasteiger charge is 2.22. The molecule has 220 valence electrons. The Hall–Kier alpha value is -4.36. The average Bonchev–Trinajstić information content (AvgIpc) is 2.96. The summed E-state index contributed by atoms with van der Waals surface area (Å²) >= 11 is 3.53. The molecular weight excluding hydrogens is 600 g/mol. The topological polar surface area (TPSA) is 122 Å². The second kappa shape index (κ2) is 16.2. The molecule has 0 heterocycles. The van der Waals surface area contributed by atoms with Crippen LogP contribution < -0.4 is 25.0 Å². The molecule has 0 aliphatic heterocycles. The lowest BCUT2D eigenvalue weighted by atomic mass is 10.0. The molecule has 0 aliphatic carbocycles. The number of amides is 2. The van der Waals surface area contributed by atoms with Crippen LogP contribution in [0.1, 0.15) is 49.4 Å². The zero-order valence-electron chi connectivity index (χ0n) is 24.1. The third-order valence-corrected chi connectivity index (χ3v) is 6.63. The first kappa shape index (κ1) is 32.2. The molecule has 0 aliphatic rings. The lowest BCUT2D eigenvalue weighted by molar-refractivity contribution is -0.130. The van der Waals surface area contributed by atoms with E-state index in [1.807, 2.05) is 58.0 Å². The number of hydrogen-bond acceptors (Lipinski definition) is 7. The van der Waals surface area contributed by atoms with Crippen molar-refractivity contribution in [2.75, 3.05) is 13.2 Å². The molecule has 10 heteroatoms. The molecule has 42 heavy (non-hydrogen) atoms. The maximum absolute atomic E-state index is 12.9. The normalized spacial score (nSPS) is 11.5. The van der Waals surface area contributed by atoms with Crippen LogP contribution in [0.3, 0.4) is 0 Å². The van der Waals surface area contributed by atoms with E-state index < -0.39 is 17.9 Å². The number of benzene rings is 3. The number of ether oxygens (including phenoxy) is 3. The van der Waals surface area contributed by atoms with Gasteiger partial charge < -0.3 is 19.5 Å². The minimum absolute atomic E-state index is 0.152. The number of carbonyl (C=O) groups excluding carboxylic acids is 2. The summed E-state index contributed by atoms with van der Waals surface area (Å²) in [6.07, 6.45) is 1.91. The lowest BCUT2D eigenvalue weighted by Gasteiger charge is -2.19. The predicted molar refractivity (Wildman–Crippen MR) is 165 cm³/mol. The number of hydrogen-bond donors (Lipinski definition) is 2. The molecule has 1 atom stereocenters. The van der Waals surface area contributed by atoms with Crippen molar-refractivity contribution in [2.24, 2.45) is 11.0 Å². The smallest absolute Gasteiger partial charge is 0.262 e. The van der Waals surface area contributed by atoms with E-state index in [-0.39, 0.29) is 19.1 Å². The molecule has 3 rings (SSSR count). The fourth-order valence-corrected chi connectivity index (χ4v) is 4.59. The second-order valence-corrected chi connectivity index (χ2v) is 10.7. The maximum Gasteiger partial charge on any atom is 0.262 e. The van der Waals surface area contributed by atoms with E-state index in [2.05, 4.69) is 37.8 Å². The molecule has 0 unspecified atom stereocenters. The van der Waals surface area contributed by atoms with Gasteiger partial charge in [-0.3, -0.25) is 9.59 Å². The van der Waals surface area contributed by atoms with Gasteiger partial charge in [0.1, 0.15) is 18.4 Å². The lowest BCUT2D eigenvalue weighted by Crippen LogP contribution is -2.47. The predicted octanol–water partition coefficient (Wildman–Crippen LogP) is 5.67. The minimum Gasteiger partial charge on any atom is -0.490 e. The van der Waals surface area contributed by atoms with Crippen molar-refractivity contribution in [2.45, 2.75) is 46.8 Å². The van der Waals surface area contributed by atoms with E-state index in [4.69, 9.17) is 14.2 Å². The summed E-state index contributed by atoms with van der Waals surface area (Å²) in [5, 5.41) is 16.2. The molecule has 0 radical (unpaired) electrons. The number of para-hydroxylation sites is 1. The van der Waals surface area contributed by atoms with Crippen LogP contribution in [0.5, 0.6) is 17.2 Å². The molecule has 0 fully saturated rings. The molecular formula is C32H35BrN4O5. The van der Waals surface area contributed by atoms with Gasteiger partial charge in [-0.1, -0.05) is 50.2 Å². The zero-order valence-corrected chi connectivity index (χ0v) is 25.7. The molecule has 2 N–H and O–H groups in total. The Balaban J connectivity index is 1.65. The van der Waals surface area contributed by atoms with Gasteiger partial charge in [0, 0.05) is 5.56 Å². The van der Waals surface area contributed by atoms with Gasteiger partial charge in [-0.25, -0.2) is 5.43 Å². The van der Waals surface area contributed by atoms with Crippen molar-refractivity contribution >= 4 is 34.0 Å². The maximum atomic E-state index is 12.9. The number of halogens is 1. The highest BCUT2D eigenvalue weighted by atomic mass is 79.9. The van der Waals surface area contributed by atoms with Gasteiger partial charge >= 0.3 is 0 Å². The fraction of sp³-hybridized carbons (Fsp3) is 0.312. The van der Waals surface area contributed by atoms with Crippen LogP contribution in [0.2, 0.25) is 0 Å². The molecule has 3 aromatic carbocycles. The van der Waals surface area contributed by atoms with Crippen molar-refractivity contribution < 1.29 is 23.8 Å². The van der Waals surface area contributed by atoms with Gasteiger partial charge in [0.2, 0.25) is 0 Å². The molecule has 3 aromatic rings. The van der Waals surface area contributed by atoms with Gasteiger partial charge in [-0.2, -0.15) is 10.4 Å². The Labute approximate surface area is 255 Å². The molecule has 0 saturated heterocycles. The number of nitriles is 1. The number of aryl methyl sites for hydroxylation is 1. The summed E-state index contributed by atoms with van der Waals surface area (Å²) in [6.45, 7) is 8.07. The second-order valence-electron chi connectivity index (χ2n) is 9.86. The first-order chi connectivity index (χ1) is 20.2. The largest absolute Gasteiger partial charge is 0.490 e. The molecule has 0 bridgehead atoms. The standard InChI is InChI=1S/C32H35BrN4O5/c1-5-40-29-16-23(15-26(33)31(29)42-19-25-12-8-7-11-24(25)17-34)18-35-37-32(39)27(14-21(2)3)36-30(38)20-41-28-13-9-6-10-22(28)4/h6-13,15-16,18,21,27H,5,14,19-20H2,1-4H3,(H,36,38)(H,37,39)/b35-18-/t27-/m1/s1. The molecule has 0 aromatic heterocycles. The van der Waals surface area contributed by atoms with Crippen LogP contribution in [-0.4, -0.2) is 37.3 Å². The summed E-state index contributed by atoms with van der Waals surface area (Å²) in [6, 6.07) is 19.5. The van der Waals surface area contributed by atoms with Crippen LogP contribution in [0.15, 0.2) is 70.2 Å². The SMILES string of the molecule is CCOc1cc(/C=N\NC(=O)[C@@H](CC(C)C)NC(=O)COc2ccccc2C)cc(Br)c1OCc1ccccc1C#N. The Morgan fingerprint density at radius 1 is 1.05 bits per heavy atom. The highest BCUT2D eigenvalue weighted by molar-refractivity contribution is 9.10. The first-order valence-electron chi connectivity index (χ1n) is 13.6. The molecule has 2 amide bonds. The Morgan fingerprint density at radius 3 is 2.50 bits per heavy atom. The first-order valence-corrected chi connectivity index (χ1v) is 14.4. The van der Waals surface area contributed by atoms with Crippen molar-refractivity contribution in [1.82, 2.24) is 10.7 Å². The van der Waals surface area contributed by atoms with Gasteiger partial charge in [-0.15, -0.1) is 0 Å². The van der Waals surface area contributed by atoms with E-state index in [9.17, 15) is 14.9 Å². The van der Waals surface area contributed by atoms with Crippen LogP contribution in [-0.2, 0) is 16.2 Å². The summed E-state index contributed by atoms with van der Waals surface area (Å²) in [7, 11) is 0. The van der Waals surface area contributed by atoms with Gasteiger partial charge in [0.25, 0.3) is 11.8 Å². The van der Waals surface area contributed by atoms with Crippen LogP contribution in [0, 0.1) is 24.2 Å². The van der Waals surface area contributed by atoms with E-state index in [0.717, 1.165) is 11.1 Å². The summed E-state index contributed by atoms with van der Waals surface area (Å²) in [5.74, 6) is 0.889. The monoisotopic (exact) mass is 634 g/mol. The van der Waals surface area contributed by atoms with E-state index in [1.54, 1.807) is 30.3 Å². The molecule has 0 spiro atoms. The summed E-state index contributed by atoms with van der Waals surface area (Å²) in [4.78, 5) is 25.5. The van der Waals surface area contributed by atoms with Crippen LogP contribution >= 0.6 is 15.9 Å². The fourth-order valence-electron chi connectivity index (χ4n) is 4.02. The Morgan fingerprint density at radius 2 is 1.79 bits per heavy atom. The van der Waals surface area contributed by atoms with Gasteiger partial charge in [0.15, 0.2) is 18.1 Å². The number of nitrogens with zero attached hydrogens (tertiary/aromatic N) is 2. The van der Waals surface area contributed by atoms with Crippen molar-refractivity contribution in [3.8, 4) is 23.3 Å². The highest BCUT2D eigenvalue weighted by Crippen LogP contribution is 2.37. The number of rotatable bonds is 14. The summed E-state index contributed by atoms with van der Waals surface area (Å²) in [5.41, 5.74) is 5.38. The Kier molecular flexibility index (Phi) is 12.4. The van der Waals surface area contributed by atoms with E-state index >= 15 is 0 Å². The minimum atomic E-state index is -0.784. The quantitative estimate of drug-likeness (QED) is 0.174. The third kappa shape index (κ3) is 9.63. The van der Waals surface area contributed by atoms with Crippen molar-refractivity contribution in [1.29, 1.82) is 5.26 Å². The zero-order chi connectivity index (χ0) is 30.5. The van der Waals surface area contributed by atoms with Crippen LogP contribution in [0.4, 0.5) is 0 Å². The Bertz CT molecular complexity index is 1450. The summed E-state index contributed by atoms with van der Waals surface area (Å²) < 4.78 is 18.0. The van der Waals surface area contributed by atoms with Crippen molar-refractivity contribution in [3.05, 3.63) is 87.4 Å². The van der Waals surface area contributed by atoms with Crippen molar-refractivity contribution in [3.63, 3.8) is 0 Å². The van der Waals surface area contributed by atoms with Gasteiger partial charge in [-0.05, 0) is 77.5 Å².